The summed E-state index contributed by atoms with van der Waals surface area (Å²) >= 11 is 1.21. The van der Waals surface area contributed by atoms with Crippen LogP contribution in [0.5, 0.6) is 0 Å². The summed E-state index contributed by atoms with van der Waals surface area (Å²) in [6.07, 6.45) is 1.58. The number of rotatable bonds is 0. The minimum absolute atomic E-state index is 0.653. The molecule has 0 aromatic carbocycles. The van der Waals surface area contributed by atoms with E-state index >= 15 is 0 Å². The fourth-order valence-corrected chi connectivity index (χ4v) is 1.34. The van der Waals surface area contributed by atoms with Crippen molar-refractivity contribution in [1.82, 2.24) is 9.84 Å². The number of hydrogen-bond donors (Lipinski definition) is 2. The summed E-state index contributed by atoms with van der Waals surface area (Å²) < 4.78 is 0. The van der Waals surface area contributed by atoms with Gasteiger partial charge in [0.15, 0.2) is 0 Å². The Balaban J connectivity index is 2.21. The summed E-state index contributed by atoms with van der Waals surface area (Å²) in [6.45, 7) is 0. The Morgan fingerprint density at radius 2 is 2.45 bits per heavy atom. The lowest BCUT2D eigenvalue weighted by molar-refractivity contribution is 0.0850. The van der Waals surface area contributed by atoms with Crippen LogP contribution in [0.1, 0.15) is 0 Å². The highest BCUT2D eigenvalue weighted by atomic mass is 32.2. The molecule has 0 radical (unpaired) electrons. The predicted molar refractivity (Wildman–Crippen MR) is 36.2 cm³/mol. The number of urea groups is 1. The van der Waals surface area contributed by atoms with E-state index in [2.05, 4.69) is 14.6 Å². The molecule has 2 amide bonds. The maximum atomic E-state index is 10.7. The summed E-state index contributed by atoms with van der Waals surface area (Å²) in [5, 5.41) is 2.75. The van der Waals surface area contributed by atoms with Crippen LogP contribution in [0.4, 0.5) is 4.79 Å². The topological polar surface area (TPSA) is 83.4 Å². The van der Waals surface area contributed by atoms with E-state index < -0.39 is 11.9 Å². The Bertz CT molecular complexity index is 227. The first-order valence-corrected chi connectivity index (χ1v) is 3.68. The molecule has 0 unspecified atom stereocenters. The van der Waals surface area contributed by atoms with Crippen molar-refractivity contribution < 1.29 is 14.6 Å². The third-order valence-electron chi connectivity index (χ3n) is 1.28. The van der Waals surface area contributed by atoms with Crippen molar-refractivity contribution in [3.8, 4) is 0 Å². The van der Waals surface area contributed by atoms with Crippen LogP contribution in [-0.4, -0.2) is 17.0 Å². The summed E-state index contributed by atoms with van der Waals surface area (Å²) in [5.74, 6) is -1.09. The fourth-order valence-electron chi connectivity index (χ4n) is 0.713. The molecule has 2 aliphatic rings. The second-order valence-electron chi connectivity index (χ2n) is 1.98. The van der Waals surface area contributed by atoms with Gasteiger partial charge in [0.05, 0.1) is 0 Å². The number of nitrogens with zero attached hydrogens (tertiary/aromatic N) is 1. The zero-order valence-electron chi connectivity index (χ0n) is 5.31. The van der Waals surface area contributed by atoms with Crippen molar-refractivity contribution >= 4 is 18.0 Å². The first-order chi connectivity index (χ1) is 5.25. The summed E-state index contributed by atoms with van der Waals surface area (Å²) in [6, 6.07) is -0.653. The number of hydrazine groups is 1. The van der Waals surface area contributed by atoms with Gasteiger partial charge in [-0.05, 0) is 17.4 Å². The molecule has 11 heavy (non-hydrogen) atoms. The molecule has 0 bridgehead atoms. The van der Waals surface area contributed by atoms with Crippen LogP contribution in [0.15, 0.2) is 11.5 Å². The molecule has 0 aliphatic carbocycles. The van der Waals surface area contributed by atoms with Crippen molar-refractivity contribution in [2.75, 3.05) is 0 Å². The Morgan fingerprint density at radius 1 is 1.73 bits per heavy atom. The third-order valence-corrected chi connectivity index (χ3v) is 1.84. The number of carbonyl (C=O) groups excluding carboxylic acids is 1. The molecule has 7 heteroatoms. The molecule has 60 valence electrons. The van der Waals surface area contributed by atoms with Gasteiger partial charge in [-0.1, -0.05) is 0 Å². The standard InChI is InChI=1S/C4H5N3O3S/c5-3(8)7-4(9-10-4)1-2-11-6-7/h1-2,6H,(H2,5,8). The average molecular weight is 175 g/mol. The number of amides is 2. The molecule has 2 aliphatic heterocycles. The van der Waals surface area contributed by atoms with E-state index in [1.54, 1.807) is 11.5 Å². The number of nitrogens with one attached hydrogen (secondary N) is 1. The van der Waals surface area contributed by atoms with Crippen LogP contribution in [-0.2, 0) is 9.78 Å². The second kappa shape index (κ2) is 2.11. The Hall–Kier alpha value is -0.760. The number of carbonyl (C=O) groups is 1. The van der Waals surface area contributed by atoms with E-state index in [4.69, 9.17) is 5.73 Å². The molecule has 1 fully saturated rings. The largest absolute Gasteiger partial charge is 0.350 e. The molecule has 6 nitrogen and oxygen atoms in total. The van der Waals surface area contributed by atoms with Gasteiger partial charge in [0.25, 0.3) is 0 Å². The van der Waals surface area contributed by atoms with Crippen LogP contribution >= 0.6 is 11.9 Å². The van der Waals surface area contributed by atoms with Crippen LogP contribution in [0.2, 0.25) is 0 Å². The highest BCUT2D eigenvalue weighted by Crippen LogP contribution is 2.37. The number of nitrogens with two attached hydrogens (primary N) is 1. The molecule has 0 saturated carbocycles. The number of primary amides is 1. The van der Waals surface area contributed by atoms with Gasteiger partial charge in [0.2, 0.25) is 0 Å². The van der Waals surface area contributed by atoms with Gasteiger partial charge in [-0.15, -0.1) is 0 Å². The van der Waals surface area contributed by atoms with Gasteiger partial charge in [-0.3, -0.25) is 0 Å². The quantitative estimate of drug-likeness (QED) is 0.299. The van der Waals surface area contributed by atoms with Crippen molar-refractivity contribution in [3.05, 3.63) is 11.5 Å². The molecule has 2 rings (SSSR count). The highest BCUT2D eigenvalue weighted by Gasteiger charge is 2.56. The molecular weight excluding hydrogens is 170 g/mol. The van der Waals surface area contributed by atoms with Crippen LogP contribution in [0.25, 0.3) is 0 Å². The van der Waals surface area contributed by atoms with E-state index in [9.17, 15) is 4.79 Å². The molecule has 0 atom stereocenters. The van der Waals surface area contributed by atoms with Crippen molar-refractivity contribution in [3.63, 3.8) is 0 Å². The highest BCUT2D eigenvalue weighted by molar-refractivity contribution is 8.00. The molecule has 0 aromatic rings. The minimum Gasteiger partial charge on any atom is -0.350 e. The van der Waals surface area contributed by atoms with E-state index in [0.29, 0.717) is 0 Å². The SMILES string of the molecule is NC(=O)N1NSC=CC12OO2. The van der Waals surface area contributed by atoms with Gasteiger partial charge in [-0.25, -0.2) is 4.79 Å². The lowest BCUT2D eigenvalue weighted by atomic mass is 10.5. The lowest BCUT2D eigenvalue weighted by Crippen LogP contribution is -2.52. The van der Waals surface area contributed by atoms with Gasteiger partial charge in [0.1, 0.15) is 0 Å². The third kappa shape index (κ3) is 0.979. The molecule has 2 heterocycles. The molecule has 0 aromatic heterocycles. The summed E-state index contributed by atoms with van der Waals surface area (Å²) in [4.78, 5) is 22.4. The zero-order valence-corrected chi connectivity index (χ0v) is 6.13. The van der Waals surface area contributed by atoms with Gasteiger partial charge in [0, 0.05) is 6.08 Å². The molecular formula is C4H5N3O3S. The maximum absolute atomic E-state index is 10.7. The number of hydrogen-bond acceptors (Lipinski definition) is 5. The van der Waals surface area contributed by atoms with Gasteiger partial charge < -0.3 is 5.73 Å². The van der Waals surface area contributed by atoms with Crippen molar-refractivity contribution in [1.29, 1.82) is 0 Å². The van der Waals surface area contributed by atoms with Crippen molar-refractivity contribution in [2.45, 2.75) is 5.91 Å². The Kier molecular flexibility index (Phi) is 1.33. The molecule has 1 spiro atoms. The van der Waals surface area contributed by atoms with Crippen LogP contribution in [0.3, 0.4) is 0 Å². The predicted octanol–water partition coefficient (Wildman–Crippen LogP) is -0.337. The summed E-state index contributed by atoms with van der Waals surface area (Å²) in [7, 11) is 0. The van der Waals surface area contributed by atoms with E-state index in [1.165, 1.54) is 11.9 Å². The normalized spacial score (nSPS) is 25.6. The Labute approximate surface area is 66.3 Å². The monoisotopic (exact) mass is 175 g/mol. The van der Waals surface area contributed by atoms with Gasteiger partial charge >= 0.3 is 11.9 Å². The molecule has 3 N–H and O–H groups in total. The van der Waals surface area contributed by atoms with Crippen LogP contribution in [0, 0.1) is 0 Å². The average Bonchev–Trinajstić information content (AvgIpc) is 2.70. The van der Waals surface area contributed by atoms with Crippen LogP contribution < -0.4 is 10.6 Å². The van der Waals surface area contributed by atoms with Gasteiger partial charge in [-0.2, -0.15) is 19.6 Å². The fraction of sp³-hybridized carbons (Fsp3) is 0.250. The maximum Gasteiger partial charge on any atom is 0.348 e. The zero-order chi connectivity index (χ0) is 7.90. The Morgan fingerprint density at radius 3 is 2.91 bits per heavy atom. The second-order valence-corrected chi connectivity index (χ2v) is 2.67. The smallest absolute Gasteiger partial charge is 0.348 e. The summed E-state index contributed by atoms with van der Waals surface area (Å²) in [5.41, 5.74) is 5.00. The van der Waals surface area contributed by atoms with E-state index in [1.807, 2.05) is 0 Å². The first-order valence-electron chi connectivity index (χ1n) is 2.80. The van der Waals surface area contributed by atoms with E-state index in [0.717, 1.165) is 5.01 Å². The van der Waals surface area contributed by atoms with Crippen molar-refractivity contribution in [2.24, 2.45) is 5.73 Å². The van der Waals surface area contributed by atoms with E-state index in [-0.39, 0.29) is 0 Å². The molecule has 1 saturated heterocycles. The lowest BCUT2D eigenvalue weighted by Gasteiger charge is -2.23. The first kappa shape index (κ1) is 6.92. The minimum atomic E-state index is -1.09.